The minimum Gasteiger partial charge on any atom is -0.372 e. The molecular weight excluding hydrogens is 558 g/mol. The number of anilines is 2. The van der Waals surface area contributed by atoms with Crippen molar-refractivity contribution in [3.05, 3.63) is 143 Å². The Morgan fingerprint density at radius 2 is 1.02 bits per heavy atom. The third-order valence-electron chi connectivity index (χ3n) is 9.12. The van der Waals surface area contributed by atoms with Crippen LogP contribution in [0.2, 0.25) is 0 Å². The highest BCUT2D eigenvalue weighted by atomic mass is 15.1. The van der Waals surface area contributed by atoms with Crippen LogP contribution in [0.4, 0.5) is 11.4 Å². The summed E-state index contributed by atoms with van der Waals surface area (Å²) in [5, 5.41) is 0. The molecule has 0 aromatic heterocycles. The molecule has 0 radical (unpaired) electrons. The van der Waals surface area contributed by atoms with Gasteiger partial charge in [-0.05, 0) is 123 Å². The van der Waals surface area contributed by atoms with Crippen LogP contribution in [0.25, 0.3) is 11.1 Å². The summed E-state index contributed by atoms with van der Waals surface area (Å²) in [6, 6.07) is 27.1. The average molecular weight is 613 g/mol. The molecule has 0 heterocycles. The summed E-state index contributed by atoms with van der Waals surface area (Å²) in [5.41, 5.74) is 12.5. The Morgan fingerprint density at radius 3 is 1.46 bits per heavy atom. The first-order valence-electron chi connectivity index (χ1n) is 17.4. The van der Waals surface area contributed by atoms with E-state index in [1.807, 2.05) is 0 Å². The summed E-state index contributed by atoms with van der Waals surface area (Å²) >= 11 is 0. The predicted octanol–water partition coefficient (Wildman–Crippen LogP) is 10.0. The summed E-state index contributed by atoms with van der Waals surface area (Å²) in [6.07, 6.45) is 16.9. The highest BCUT2D eigenvalue weighted by Gasteiger charge is 2.13. The Morgan fingerprint density at radius 1 is 0.565 bits per heavy atom. The lowest BCUT2D eigenvalue weighted by molar-refractivity contribution is -0.519. The van der Waals surface area contributed by atoms with Gasteiger partial charge in [0.15, 0.2) is 5.71 Å². The molecule has 1 aliphatic carbocycles. The summed E-state index contributed by atoms with van der Waals surface area (Å²) in [5.74, 6) is 0. The van der Waals surface area contributed by atoms with E-state index in [2.05, 4.69) is 178 Å². The van der Waals surface area contributed by atoms with Crippen molar-refractivity contribution in [3.8, 4) is 0 Å². The standard InChI is InChI=1S/C43H54N3/c1-8-34-18-20-35(21-19-34)42(36-22-28-39(29-23-36)44(9-2)10-3)16-15-17-43(37-24-30-40(31-25-37)45(11-4)12-5)38-26-32-41(33-27-38)46(13-6)14-7/h15-33H,8-14H2,1-7H3/q+1. The fourth-order valence-electron chi connectivity index (χ4n) is 6.20. The lowest BCUT2D eigenvalue weighted by Crippen LogP contribution is -2.21. The fraction of sp³-hybridized carbons (Fsp3) is 0.326. The third-order valence-corrected chi connectivity index (χ3v) is 9.12. The van der Waals surface area contributed by atoms with Crippen LogP contribution < -0.4 is 9.80 Å². The highest BCUT2D eigenvalue weighted by Crippen LogP contribution is 2.29. The lowest BCUT2D eigenvalue weighted by atomic mass is 9.94. The van der Waals surface area contributed by atoms with Crippen molar-refractivity contribution in [2.24, 2.45) is 0 Å². The number of aryl methyl sites for hydroxylation is 1. The zero-order valence-electron chi connectivity index (χ0n) is 29.3. The van der Waals surface area contributed by atoms with E-state index in [4.69, 9.17) is 0 Å². The van der Waals surface area contributed by atoms with Crippen molar-refractivity contribution >= 4 is 28.2 Å². The van der Waals surface area contributed by atoms with Gasteiger partial charge in [0.05, 0.1) is 0 Å². The van der Waals surface area contributed by atoms with Gasteiger partial charge < -0.3 is 9.80 Å². The normalized spacial score (nSPS) is 13.1. The summed E-state index contributed by atoms with van der Waals surface area (Å²) in [7, 11) is 0. The minimum atomic E-state index is 1.00. The van der Waals surface area contributed by atoms with E-state index in [0.717, 1.165) is 45.7 Å². The molecule has 46 heavy (non-hydrogen) atoms. The van der Waals surface area contributed by atoms with Crippen molar-refractivity contribution in [3.63, 3.8) is 0 Å². The van der Waals surface area contributed by atoms with Crippen LogP contribution in [0, 0.1) is 0 Å². The van der Waals surface area contributed by atoms with Crippen molar-refractivity contribution in [2.45, 2.75) is 54.9 Å². The molecule has 0 fully saturated rings. The molecule has 0 bridgehead atoms. The first-order valence-corrected chi connectivity index (χ1v) is 17.4. The van der Waals surface area contributed by atoms with Gasteiger partial charge in [-0.25, -0.2) is 4.58 Å². The maximum absolute atomic E-state index is 2.39. The summed E-state index contributed by atoms with van der Waals surface area (Å²) in [6.45, 7) is 21.5. The van der Waals surface area contributed by atoms with Crippen LogP contribution in [-0.4, -0.2) is 49.6 Å². The largest absolute Gasteiger partial charge is 0.372 e. The quantitative estimate of drug-likeness (QED) is 0.132. The van der Waals surface area contributed by atoms with Crippen LogP contribution in [0.3, 0.4) is 0 Å². The van der Waals surface area contributed by atoms with E-state index >= 15 is 0 Å². The molecule has 3 aromatic carbocycles. The van der Waals surface area contributed by atoms with Gasteiger partial charge in [0.2, 0.25) is 0 Å². The van der Waals surface area contributed by atoms with E-state index < -0.39 is 0 Å². The maximum atomic E-state index is 2.39. The summed E-state index contributed by atoms with van der Waals surface area (Å²) in [4.78, 5) is 4.78. The minimum absolute atomic E-state index is 1.00. The molecule has 3 nitrogen and oxygen atoms in total. The molecule has 0 saturated heterocycles. The van der Waals surface area contributed by atoms with Crippen molar-refractivity contribution in [1.29, 1.82) is 0 Å². The van der Waals surface area contributed by atoms with Crippen molar-refractivity contribution in [2.75, 3.05) is 49.1 Å². The highest BCUT2D eigenvalue weighted by molar-refractivity contribution is 6.03. The van der Waals surface area contributed by atoms with Gasteiger partial charge in [0.1, 0.15) is 13.1 Å². The van der Waals surface area contributed by atoms with Crippen LogP contribution in [0.15, 0.2) is 121 Å². The second kappa shape index (κ2) is 17.4. The van der Waals surface area contributed by atoms with Gasteiger partial charge in [-0.3, -0.25) is 0 Å². The Balaban J connectivity index is 1.80. The van der Waals surface area contributed by atoms with E-state index in [-0.39, 0.29) is 0 Å². The molecule has 240 valence electrons. The zero-order valence-corrected chi connectivity index (χ0v) is 29.3. The zero-order chi connectivity index (χ0) is 32.9. The number of allylic oxidation sites excluding steroid dienone is 9. The number of rotatable bonds is 14. The average Bonchev–Trinajstić information content (AvgIpc) is 3.11. The molecule has 0 atom stereocenters. The molecule has 1 aliphatic rings. The van der Waals surface area contributed by atoms with Gasteiger partial charge in [-0.2, -0.15) is 0 Å². The number of hydrogen-bond donors (Lipinski definition) is 0. The van der Waals surface area contributed by atoms with Crippen LogP contribution in [0.1, 0.15) is 70.7 Å². The van der Waals surface area contributed by atoms with Gasteiger partial charge >= 0.3 is 0 Å². The van der Waals surface area contributed by atoms with Crippen LogP contribution >= 0.6 is 0 Å². The second-order valence-corrected chi connectivity index (χ2v) is 11.6. The van der Waals surface area contributed by atoms with Crippen LogP contribution in [-0.2, 0) is 6.42 Å². The Kier molecular flexibility index (Phi) is 13.0. The van der Waals surface area contributed by atoms with E-state index in [9.17, 15) is 0 Å². The number of hydrogen-bond acceptors (Lipinski definition) is 2. The molecule has 0 amide bonds. The molecule has 0 spiro atoms. The van der Waals surface area contributed by atoms with Gasteiger partial charge in [-0.15, -0.1) is 0 Å². The fourth-order valence-corrected chi connectivity index (χ4v) is 6.20. The van der Waals surface area contributed by atoms with Crippen molar-refractivity contribution < 1.29 is 4.58 Å². The first-order chi connectivity index (χ1) is 22.5. The molecule has 0 saturated carbocycles. The topological polar surface area (TPSA) is 9.49 Å². The van der Waals surface area contributed by atoms with Crippen LogP contribution in [0.5, 0.6) is 0 Å². The number of benzene rings is 3. The Hall–Kier alpha value is -4.37. The first kappa shape index (κ1) is 34.5. The molecule has 4 rings (SSSR count). The van der Waals surface area contributed by atoms with Gasteiger partial charge in [0.25, 0.3) is 0 Å². The SMILES string of the molecule is CCc1ccc(C(=CC=CC(=C2C=CC(=[N+](CC)CC)C=C2)c2ccc(N(CC)CC)cc2)c2ccc(N(CC)CC)cc2)cc1. The van der Waals surface area contributed by atoms with Gasteiger partial charge in [0, 0.05) is 49.7 Å². The second-order valence-electron chi connectivity index (χ2n) is 11.6. The Bertz CT molecular complexity index is 1560. The predicted molar refractivity (Wildman–Crippen MR) is 204 cm³/mol. The molecular formula is C43H54N3+. The van der Waals surface area contributed by atoms with E-state index in [1.165, 1.54) is 56.1 Å². The monoisotopic (exact) mass is 612 g/mol. The summed E-state index contributed by atoms with van der Waals surface area (Å²) < 4.78 is 2.39. The molecule has 0 aliphatic heterocycles. The molecule has 3 aromatic rings. The lowest BCUT2D eigenvalue weighted by Gasteiger charge is -2.21. The Labute approximate surface area is 279 Å². The molecule has 0 unspecified atom stereocenters. The third kappa shape index (κ3) is 8.46. The van der Waals surface area contributed by atoms with E-state index in [1.54, 1.807) is 0 Å². The molecule has 0 N–H and O–H groups in total. The maximum Gasteiger partial charge on any atom is 0.199 e. The van der Waals surface area contributed by atoms with E-state index in [0.29, 0.717) is 0 Å². The molecule has 3 heteroatoms. The van der Waals surface area contributed by atoms with Gasteiger partial charge in [-0.1, -0.05) is 73.7 Å². The smallest absolute Gasteiger partial charge is 0.199 e. The number of nitrogens with zero attached hydrogens (tertiary/aromatic N) is 3. The van der Waals surface area contributed by atoms with Crippen molar-refractivity contribution in [1.82, 2.24) is 0 Å².